The van der Waals surface area contributed by atoms with Gasteiger partial charge in [0.25, 0.3) is 5.91 Å². The lowest BCUT2D eigenvalue weighted by molar-refractivity contribution is -0.126. The molecule has 0 fully saturated rings. The number of amides is 3. The fraction of sp³-hybridized carbons (Fsp3) is 0.158. The number of nitrogens with zero attached hydrogens (tertiary/aromatic N) is 1. The van der Waals surface area contributed by atoms with Crippen molar-refractivity contribution in [2.75, 3.05) is 6.54 Å². The third-order valence-corrected chi connectivity index (χ3v) is 4.37. The highest BCUT2D eigenvalue weighted by atomic mass is 16.2. The van der Waals surface area contributed by atoms with Crippen molar-refractivity contribution in [1.29, 1.82) is 0 Å². The van der Waals surface area contributed by atoms with Crippen LogP contribution in [0.25, 0.3) is 0 Å². The lowest BCUT2D eigenvalue weighted by Crippen LogP contribution is -2.44. The molecule has 0 saturated heterocycles. The SMILES string of the molecule is O=C1NC2=C(C(=O)N(Cc3ccccc3)C2)C(c2ccccc2)N1. The van der Waals surface area contributed by atoms with E-state index in [1.165, 1.54) is 0 Å². The van der Waals surface area contributed by atoms with Crippen molar-refractivity contribution in [3.8, 4) is 0 Å². The fourth-order valence-corrected chi connectivity index (χ4v) is 3.26. The van der Waals surface area contributed by atoms with Crippen LogP contribution in [0.3, 0.4) is 0 Å². The molecule has 0 bridgehead atoms. The number of benzene rings is 2. The lowest BCUT2D eigenvalue weighted by Gasteiger charge is -2.25. The second-order valence-corrected chi connectivity index (χ2v) is 5.98. The summed E-state index contributed by atoms with van der Waals surface area (Å²) in [6, 6.07) is 18.8. The molecule has 2 aromatic rings. The van der Waals surface area contributed by atoms with E-state index in [4.69, 9.17) is 0 Å². The molecule has 5 nitrogen and oxygen atoms in total. The Kier molecular flexibility index (Phi) is 3.54. The van der Waals surface area contributed by atoms with Crippen LogP contribution in [-0.4, -0.2) is 23.4 Å². The van der Waals surface area contributed by atoms with Gasteiger partial charge >= 0.3 is 6.03 Å². The van der Waals surface area contributed by atoms with Crippen molar-refractivity contribution >= 4 is 11.9 Å². The van der Waals surface area contributed by atoms with Gasteiger partial charge in [-0.25, -0.2) is 4.79 Å². The van der Waals surface area contributed by atoms with Gasteiger partial charge in [-0.15, -0.1) is 0 Å². The number of rotatable bonds is 3. The summed E-state index contributed by atoms with van der Waals surface area (Å²) in [5.41, 5.74) is 3.32. The van der Waals surface area contributed by atoms with Gasteiger partial charge in [-0.2, -0.15) is 0 Å². The Bertz CT molecular complexity index is 815. The van der Waals surface area contributed by atoms with Gasteiger partial charge in [0.1, 0.15) is 0 Å². The van der Waals surface area contributed by atoms with Crippen molar-refractivity contribution in [2.45, 2.75) is 12.6 Å². The maximum atomic E-state index is 12.9. The molecule has 2 aliphatic rings. The molecule has 2 aliphatic heterocycles. The first-order valence-corrected chi connectivity index (χ1v) is 7.91. The molecule has 3 amide bonds. The van der Waals surface area contributed by atoms with Crippen LogP contribution < -0.4 is 10.6 Å². The van der Waals surface area contributed by atoms with Gasteiger partial charge in [0.15, 0.2) is 0 Å². The van der Waals surface area contributed by atoms with E-state index in [1.54, 1.807) is 4.90 Å². The Morgan fingerprint density at radius 2 is 1.62 bits per heavy atom. The monoisotopic (exact) mass is 319 g/mol. The molecular formula is C19H17N3O2. The minimum absolute atomic E-state index is 0.0322. The summed E-state index contributed by atoms with van der Waals surface area (Å²) < 4.78 is 0. The summed E-state index contributed by atoms with van der Waals surface area (Å²) >= 11 is 0. The molecule has 0 saturated carbocycles. The van der Waals surface area contributed by atoms with Gasteiger partial charge in [-0.05, 0) is 11.1 Å². The van der Waals surface area contributed by atoms with E-state index in [-0.39, 0.29) is 11.9 Å². The van der Waals surface area contributed by atoms with Gasteiger partial charge in [0.2, 0.25) is 0 Å². The predicted octanol–water partition coefficient (Wildman–Crippen LogP) is 2.34. The van der Waals surface area contributed by atoms with Crippen molar-refractivity contribution in [3.63, 3.8) is 0 Å². The van der Waals surface area contributed by atoms with Crippen LogP contribution >= 0.6 is 0 Å². The molecular weight excluding hydrogens is 302 g/mol. The number of nitrogens with one attached hydrogen (secondary N) is 2. The molecule has 0 radical (unpaired) electrons. The zero-order valence-electron chi connectivity index (χ0n) is 13.0. The number of hydrogen-bond acceptors (Lipinski definition) is 2. The zero-order valence-corrected chi connectivity index (χ0v) is 13.0. The molecule has 2 aromatic carbocycles. The maximum absolute atomic E-state index is 12.9. The van der Waals surface area contributed by atoms with Gasteiger partial charge in [-0.1, -0.05) is 60.7 Å². The van der Waals surface area contributed by atoms with E-state index in [0.717, 1.165) is 11.1 Å². The van der Waals surface area contributed by atoms with Crippen molar-refractivity contribution in [2.24, 2.45) is 0 Å². The molecule has 24 heavy (non-hydrogen) atoms. The summed E-state index contributed by atoms with van der Waals surface area (Å²) in [5.74, 6) is -0.0322. The normalized spacial score (nSPS) is 19.8. The molecule has 0 spiro atoms. The average molecular weight is 319 g/mol. The largest absolute Gasteiger partial charge is 0.329 e. The van der Waals surface area contributed by atoms with E-state index < -0.39 is 6.04 Å². The summed E-state index contributed by atoms with van der Waals surface area (Å²) in [6.07, 6.45) is 0. The third kappa shape index (κ3) is 2.54. The number of urea groups is 1. The predicted molar refractivity (Wildman–Crippen MR) is 89.7 cm³/mol. The zero-order chi connectivity index (χ0) is 16.5. The molecule has 1 atom stereocenters. The van der Waals surface area contributed by atoms with E-state index in [9.17, 15) is 9.59 Å². The molecule has 5 heteroatoms. The van der Waals surface area contributed by atoms with Crippen LogP contribution in [0.1, 0.15) is 17.2 Å². The summed E-state index contributed by atoms with van der Waals surface area (Å²) in [5, 5.41) is 5.65. The molecule has 0 aliphatic carbocycles. The second-order valence-electron chi connectivity index (χ2n) is 5.98. The van der Waals surface area contributed by atoms with E-state index in [0.29, 0.717) is 24.4 Å². The Balaban J connectivity index is 1.63. The van der Waals surface area contributed by atoms with Crippen LogP contribution in [0.2, 0.25) is 0 Å². The molecule has 120 valence electrons. The topological polar surface area (TPSA) is 61.4 Å². The Hall–Kier alpha value is -3.08. The van der Waals surface area contributed by atoms with E-state index in [1.807, 2.05) is 60.7 Å². The van der Waals surface area contributed by atoms with Crippen LogP contribution in [-0.2, 0) is 11.3 Å². The highest BCUT2D eigenvalue weighted by Gasteiger charge is 2.40. The maximum Gasteiger partial charge on any atom is 0.319 e. The van der Waals surface area contributed by atoms with Crippen LogP contribution in [0.15, 0.2) is 71.9 Å². The van der Waals surface area contributed by atoms with Crippen molar-refractivity contribution < 1.29 is 9.59 Å². The first-order chi connectivity index (χ1) is 11.7. The lowest BCUT2D eigenvalue weighted by atomic mass is 9.96. The molecule has 1 unspecified atom stereocenters. The summed E-state index contributed by atoms with van der Waals surface area (Å²) in [6.45, 7) is 0.962. The molecule has 0 aromatic heterocycles. The average Bonchev–Trinajstić information content (AvgIpc) is 2.91. The molecule has 2 N–H and O–H groups in total. The Morgan fingerprint density at radius 3 is 2.33 bits per heavy atom. The molecule has 2 heterocycles. The number of carbonyl (C=O) groups is 2. The first-order valence-electron chi connectivity index (χ1n) is 7.91. The minimum atomic E-state index is -0.400. The van der Waals surface area contributed by atoms with Gasteiger partial charge in [0, 0.05) is 6.54 Å². The minimum Gasteiger partial charge on any atom is -0.329 e. The first kappa shape index (κ1) is 14.5. The smallest absolute Gasteiger partial charge is 0.319 e. The van der Waals surface area contributed by atoms with Crippen LogP contribution in [0, 0.1) is 0 Å². The van der Waals surface area contributed by atoms with Crippen LogP contribution in [0.4, 0.5) is 4.79 Å². The van der Waals surface area contributed by atoms with Gasteiger partial charge in [-0.3, -0.25) is 4.79 Å². The van der Waals surface area contributed by atoms with Crippen molar-refractivity contribution in [1.82, 2.24) is 15.5 Å². The Morgan fingerprint density at radius 1 is 0.958 bits per heavy atom. The highest BCUT2D eigenvalue weighted by Crippen LogP contribution is 2.32. The standard InChI is InChI=1S/C19H17N3O2/c23-18-16-15(12-22(18)11-13-7-3-1-4-8-13)20-19(24)21-17(16)14-9-5-2-6-10-14/h1-10,17H,11-12H2,(H2,20,21,24). The van der Waals surface area contributed by atoms with E-state index in [2.05, 4.69) is 10.6 Å². The quantitative estimate of drug-likeness (QED) is 0.912. The van der Waals surface area contributed by atoms with Gasteiger partial charge in [0.05, 0.1) is 23.9 Å². The van der Waals surface area contributed by atoms with Crippen molar-refractivity contribution in [3.05, 3.63) is 83.1 Å². The Labute approximate surface area is 140 Å². The summed E-state index contributed by atoms with van der Waals surface area (Å²) in [7, 11) is 0. The fourth-order valence-electron chi connectivity index (χ4n) is 3.26. The molecule has 4 rings (SSSR count). The van der Waals surface area contributed by atoms with E-state index >= 15 is 0 Å². The van der Waals surface area contributed by atoms with Crippen LogP contribution in [0.5, 0.6) is 0 Å². The van der Waals surface area contributed by atoms with Gasteiger partial charge < -0.3 is 15.5 Å². The highest BCUT2D eigenvalue weighted by molar-refractivity contribution is 6.01. The second kappa shape index (κ2) is 5.85. The number of carbonyl (C=O) groups excluding carboxylic acids is 2. The summed E-state index contributed by atoms with van der Waals surface area (Å²) in [4.78, 5) is 26.7. The number of hydrogen-bond donors (Lipinski definition) is 2. The third-order valence-electron chi connectivity index (χ3n) is 4.37.